The van der Waals surface area contributed by atoms with E-state index in [0.717, 1.165) is 78.7 Å². The molecule has 1 aromatic heterocycles. The van der Waals surface area contributed by atoms with Gasteiger partial charge in [0.15, 0.2) is 0 Å². The van der Waals surface area contributed by atoms with Gasteiger partial charge in [-0.15, -0.1) is 6.58 Å². The zero-order chi connectivity index (χ0) is 25.9. The van der Waals surface area contributed by atoms with Crippen molar-refractivity contribution in [2.45, 2.75) is 69.1 Å². The first kappa shape index (κ1) is 24.6. The van der Waals surface area contributed by atoms with Gasteiger partial charge < -0.3 is 14.8 Å². The minimum Gasteiger partial charge on any atom is -0.497 e. The number of carbonyl (C=O) groups excluding carboxylic acids is 1. The Balaban J connectivity index is 1.15. The maximum Gasteiger partial charge on any atom is 0.246 e. The van der Waals surface area contributed by atoms with Crippen LogP contribution >= 0.6 is 0 Å². The van der Waals surface area contributed by atoms with E-state index >= 15 is 0 Å². The second-order valence-corrected chi connectivity index (χ2v) is 13.0. The van der Waals surface area contributed by atoms with E-state index in [9.17, 15) is 4.79 Å². The van der Waals surface area contributed by atoms with Crippen molar-refractivity contribution in [3.63, 3.8) is 0 Å². The predicted octanol–water partition coefficient (Wildman–Crippen LogP) is 5.28. The Morgan fingerprint density at radius 3 is 2.61 bits per heavy atom. The molecule has 3 saturated heterocycles. The number of rotatable bonds is 8. The van der Waals surface area contributed by atoms with Gasteiger partial charge in [-0.05, 0) is 117 Å². The van der Waals surface area contributed by atoms with Gasteiger partial charge in [0, 0.05) is 29.7 Å². The molecule has 0 radical (unpaired) electrons. The van der Waals surface area contributed by atoms with Crippen LogP contribution in [0.1, 0.15) is 63.0 Å². The zero-order valence-electron chi connectivity index (χ0n) is 22.6. The first-order valence-corrected chi connectivity index (χ1v) is 14.7. The lowest BCUT2D eigenvalue weighted by atomic mass is 9.53. The van der Waals surface area contributed by atoms with Crippen molar-refractivity contribution >= 4 is 16.8 Å². The second kappa shape index (κ2) is 9.63. The standard InChI is InChI=1S/C32H41N3O3/c1-3-23-18-35-9-7-24(23)13-29(35)31(26-6-8-33-28-5-4-25(37-2)14-27(26)28)38-19-30(36)34-32-15-20-10-21(16-32)12-22(11-20)17-32/h3-6,8,14,20-24,29,31H,1,7,9-13,15-19H2,2H3,(H,34,36)/t20?,21?,22?,23-,24?,29+,31-,32?/m0/s1. The summed E-state index contributed by atoms with van der Waals surface area (Å²) in [5, 5.41) is 4.56. The van der Waals surface area contributed by atoms with E-state index in [1.807, 2.05) is 18.3 Å². The van der Waals surface area contributed by atoms with Crippen LogP contribution in [0.3, 0.4) is 0 Å². The van der Waals surface area contributed by atoms with Gasteiger partial charge in [-0.1, -0.05) is 6.08 Å². The van der Waals surface area contributed by atoms with Crippen LogP contribution in [0, 0.1) is 29.6 Å². The molecule has 2 unspecified atom stereocenters. The lowest BCUT2D eigenvalue weighted by molar-refractivity contribution is -0.137. The molecular weight excluding hydrogens is 474 g/mol. The van der Waals surface area contributed by atoms with Crippen LogP contribution in [0.25, 0.3) is 10.9 Å². The third-order valence-electron chi connectivity index (χ3n) is 10.6. The third kappa shape index (κ3) is 4.34. The summed E-state index contributed by atoms with van der Waals surface area (Å²) in [5.41, 5.74) is 2.03. The Morgan fingerprint density at radius 2 is 1.95 bits per heavy atom. The summed E-state index contributed by atoms with van der Waals surface area (Å²) in [6.07, 6.45) is 13.7. The van der Waals surface area contributed by atoms with Crippen molar-refractivity contribution in [3.05, 3.63) is 48.7 Å². The van der Waals surface area contributed by atoms with E-state index in [0.29, 0.717) is 11.8 Å². The van der Waals surface area contributed by atoms with Gasteiger partial charge >= 0.3 is 0 Å². The normalized spacial score (nSPS) is 37.8. The number of ether oxygens (including phenoxy) is 2. The van der Waals surface area contributed by atoms with Crippen LogP contribution in [0.4, 0.5) is 0 Å². The fourth-order valence-corrected chi connectivity index (χ4v) is 9.38. The molecule has 9 rings (SSSR count). The molecule has 1 aromatic carbocycles. The van der Waals surface area contributed by atoms with Crippen LogP contribution < -0.4 is 10.1 Å². The van der Waals surface area contributed by atoms with Gasteiger partial charge in [-0.3, -0.25) is 14.7 Å². The van der Waals surface area contributed by atoms with Gasteiger partial charge in [0.25, 0.3) is 0 Å². The largest absolute Gasteiger partial charge is 0.497 e. The summed E-state index contributed by atoms with van der Waals surface area (Å²) in [7, 11) is 1.70. The van der Waals surface area contributed by atoms with Crippen LogP contribution in [-0.2, 0) is 9.53 Å². The van der Waals surface area contributed by atoms with Crippen molar-refractivity contribution in [2.24, 2.45) is 29.6 Å². The minimum atomic E-state index is -0.205. The molecule has 6 bridgehead atoms. The molecule has 7 fully saturated rings. The Kier molecular flexibility index (Phi) is 6.23. The first-order chi connectivity index (χ1) is 18.5. The van der Waals surface area contributed by atoms with Crippen LogP contribution in [0.15, 0.2) is 43.1 Å². The van der Waals surface area contributed by atoms with E-state index in [1.54, 1.807) is 7.11 Å². The molecular formula is C32H41N3O3. The molecule has 5 atom stereocenters. The third-order valence-corrected chi connectivity index (χ3v) is 10.6. The smallest absolute Gasteiger partial charge is 0.246 e. The van der Waals surface area contributed by atoms with E-state index in [1.165, 1.54) is 25.7 Å². The Bertz CT molecular complexity index is 1190. The average Bonchev–Trinajstić information content (AvgIpc) is 2.92. The number of benzene rings is 1. The van der Waals surface area contributed by atoms with Crippen LogP contribution in [0.5, 0.6) is 5.75 Å². The molecule has 7 aliphatic rings. The van der Waals surface area contributed by atoms with Crippen molar-refractivity contribution in [3.8, 4) is 5.75 Å². The topological polar surface area (TPSA) is 63.7 Å². The predicted molar refractivity (Wildman–Crippen MR) is 148 cm³/mol. The zero-order valence-corrected chi connectivity index (χ0v) is 22.6. The number of piperidine rings is 3. The van der Waals surface area contributed by atoms with E-state index in [2.05, 4.69) is 40.0 Å². The van der Waals surface area contributed by atoms with Crippen molar-refractivity contribution in [1.29, 1.82) is 0 Å². The first-order valence-electron chi connectivity index (χ1n) is 14.7. The molecule has 4 saturated carbocycles. The molecule has 3 aliphatic heterocycles. The van der Waals surface area contributed by atoms with Gasteiger partial charge in [0.1, 0.15) is 12.4 Å². The lowest BCUT2D eigenvalue weighted by Crippen LogP contribution is -2.60. The van der Waals surface area contributed by atoms with Crippen LogP contribution in [-0.4, -0.2) is 54.2 Å². The summed E-state index contributed by atoms with van der Waals surface area (Å²) >= 11 is 0. The number of amides is 1. The van der Waals surface area contributed by atoms with E-state index in [-0.39, 0.29) is 30.2 Å². The van der Waals surface area contributed by atoms with Crippen molar-refractivity contribution in [2.75, 3.05) is 26.8 Å². The molecule has 1 N–H and O–H groups in total. The molecule has 4 heterocycles. The van der Waals surface area contributed by atoms with Gasteiger partial charge in [0.2, 0.25) is 5.91 Å². The maximum absolute atomic E-state index is 13.5. The summed E-state index contributed by atoms with van der Waals surface area (Å²) in [6.45, 7) is 6.30. The quantitative estimate of drug-likeness (QED) is 0.485. The number of nitrogens with one attached hydrogen (secondary N) is 1. The highest BCUT2D eigenvalue weighted by Gasteiger charge is 2.51. The number of methoxy groups -OCH3 is 1. The molecule has 0 spiro atoms. The van der Waals surface area contributed by atoms with Crippen LogP contribution in [0.2, 0.25) is 0 Å². The minimum absolute atomic E-state index is 0.00596. The number of fused-ring (bicyclic) bond motifs is 4. The Labute approximate surface area is 226 Å². The second-order valence-electron chi connectivity index (χ2n) is 13.0. The summed E-state index contributed by atoms with van der Waals surface area (Å²) in [6, 6.07) is 8.34. The Hall–Kier alpha value is -2.44. The van der Waals surface area contributed by atoms with E-state index in [4.69, 9.17) is 9.47 Å². The number of hydrogen-bond donors (Lipinski definition) is 1. The van der Waals surface area contributed by atoms with Gasteiger partial charge in [-0.25, -0.2) is 0 Å². The van der Waals surface area contributed by atoms with Gasteiger partial charge in [-0.2, -0.15) is 0 Å². The molecule has 1 amide bonds. The fourth-order valence-electron chi connectivity index (χ4n) is 9.38. The molecule has 2 aromatic rings. The monoisotopic (exact) mass is 515 g/mol. The number of nitrogens with zero attached hydrogens (tertiary/aromatic N) is 2. The van der Waals surface area contributed by atoms with Gasteiger partial charge in [0.05, 0.1) is 18.7 Å². The average molecular weight is 516 g/mol. The number of hydrogen-bond acceptors (Lipinski definition) is 5. The summed E-state index contributed by atoms with van der Waals surface area (Å²) < 4.78 is 12.3. The summed E-state index contributed by atoms with van der Waals surface area (Å²) in [4.78, 5) is 20.7. The van der Waals surface area contributed by atoms with Crippen molar-refractivity contribution in [1.82, 2.24) is 15.2 Å². The number of carbonyl (C=O) groups is 1. The highest BCUT2D eigenvalue weighted by atomic mass is 16.5. The lowest BCUT2D eigenvalue weighted by Gasteiger charge is -2.57. The highest BCUT2D eigenvalue weighted by molar-refractivity contribution is 5.84. The molecule has 6 nitrogen and oxygen atoms in total. The number of aromatic nitrogens is 1. The molecule has 202 valence electrons. The van der Waals surface area contributed by atoms with Crippen molar-refractivity contribution < 1.29 is 14.3 Å². The highest BCUT2D eigenvalue weighted by Crippen LogP contribution is 2.55. The molecule has 4 aliphatic carbocycles. The maximum atomic E-state index is 13.5. The summed E-state index contributed by atoms with van der Waals surface area (Å²) in [5.74, 6) is 4.42. The molecule has 38 heavy (non-hydrogen) atoms. The SMILES string of the molecule is C=C[C@H]1CN2CCC1C[C@@H]2[C@@H](OCC(=O)NC12CC3CC(CC(C3)C1)C2)c1ccnc2ccc(OC)cc12. The Morgan fingerprint density at radius 1 is 1.18 bits per heavy atom. The molecule has 6 heteroatoms. The fraction of sp³-hybridized carbons (Fsp3) is 0.625. The number of pyridine rings is 1. The van der Waals surface area contributed by atoms with E-state index < -0.39 is 0 Å².